The van der Waals surface area contributed by atoms with E-state index in [9.17, 15) is 4.79 Å². The summed E-state index contributed by atoms with van der Waals surface area (Å²) in [5.74, 6) is 0.0822. The van der Waals surface area contributed by atoms with E-state index in [0.717, 1.165) is 11.3 Å². The van der Waals surface area contributed by atoms with Crippen LogP contribution in [0.15, 0.2) is 23.2 Å². The fourth-order valence-electron chi connectivity index (χ4n) is 1.82. The van der Waals surface area contributed by atoms with Crippen molar-refractivity contribution >= 4 is 17.7 Å². The maximum atomic E-state index is 12.0. The molecular formula is C14H17NO. The number of carbonyl (C=O) groups excluding carboxylic acids is 1. The molecule has 0 saturated heterocycles. The Hall–Kier alpha value is -1.44. The van der Waals surface area contributed by atoms with Gasteiger partial charge in [0.1, 0.15) is 0 Å². The number of benzene rings is 1. The summed E-state index contributed by atoms with van der Waals surface area (Å²) in [6, 6.07) is 5.99. The highest BCUT2D eigenvalue weighted by molar-refractivity contribution is 6.12. The number of hydrogen-bond acceptors (Lipinski definition) is 2. The van der Waals surface area contributed by atoms with E-state index in [1.54, 1.807) is 6.21 Å². The number of aliphatic imine (C=N–C) groups is 1. The molecule has 2 rings (SSSR count). The molecule has 84 valence electrons. The summed E-state index contributed by atoms with van der Waals surface area (Å²) in [5, 5.41) is 0. The summed E-state index contributed by atoms with van der Waals surface area (Å²) in [6.45, 7) is 8.33. The van der Waals surface area contributed by atoms with Crippen LogP contribution in [0.25, 0.3) is 0 Å². The SMILES string of the molecule is CC1C=Nc2ccc(C(C)(C)C)cc2C1=O. The van der Waals surface area contributed by atoms with Crippen molar-refractivity contribution in [2.75, 3.05) is 0 Å². The Balaban J connectivity index is 2.54. The lowest BCUT2D eigenvalue weighted by molar-refractivity contribution is 0.0962. The number of fused-ring (bicyclic) bond motifs is 1. The topological polar surface area (TPSA) is 29.4 Å². The van der Waals surface area contributed by atoms with E-state index in [1.165, 1.54) is 5.56 Å². The van der Waals surface area contributed by atoms with Crippen LogP contribution in [0, 0.1) is 5.92 Å². The molecule has 0 radical (unpaired) electrons. The lowest BCUT2D eigenvalue weighted by Gasteiger charge is -2.22. The van der Waals surface area contributed by atoms with Crippen molar-refractivity contribution in [1.29, 1.82) is 0 Å². The Bertz CT molecular complexity index is 466. The van der Waals surface area contributed by atoms with Gasteiger partial charge in [-0.1, -0.05) is 33.8 Å². The van der Waals surface area contributed by atoms with Crippen molar-refractivity contribution in [2.45, 2.75) is 33.1 Å². The first-order valence-corrected chi connectivity index (χ1v) is 5.62. The first-order chi connectivity index (χ1) is 7.39. The van der Waals surface area contributed by atoms with Crippen LogP contribution >= 0.6 is 0 Å². The maximum absolute atomic E-state index is 12.0. The molecule has 0 aliphatic carbocycles. The minimum atomic E-state index is -0.0947. The molecule has 0 spiro atoms. The molecule has 16 heavy (non-hydrogen) atoms. The van der Waals surface area contributed by atoms with Gasteiger partial charge in [0.05, 0.1) is 11.6 Å². The third-order valence-corrected chi connectivity index (χ3v) is 2.98. The van der Waals surface area contributed by atoms with Gasteiger partial charge in [0.25, 0.3) is 0 Å². The number of rotatable bonds is 0. The molecule has 1 heterocycles. The summed E-state index contributed by atoms with van der Waals surface area (Å²) >= 11 is 0. The quantitative estimate of drug-likeness (QED) is 0.651. The zero-order chi connectivity index (χ0) is 11.9. The highest BCUT2D eigenvalue weighted by Gasteiger charge is 2.23. The fraction of sp³-hybridized carbons (Fsp3) is 0.429. The monoisotopic (exact) mass is 215 g/mol. The third-order valence-electron chi connectivity index (χ3n) is 2.98. The average molecular weight is 215 g/mol. The molecular weight excluding hydrogens is 198 g/mol. The standard InChI is InChI=1S/C14H17NO/c1-9-8-15-12-6-5-10(14(2,3)4)7-11(12)13(9)16/h5-9H,1-4H3. The van der Waals surface area contributed by atoms with Crippen molar-refractivity contribution < 1.29 is 4.79 Å². The highest BCUT2D eigenvalue weighted by atomic mass is 16.1. The minimum absolute atomic E-state index is 0.0692. The molecule has 2 nitrogen and oxygen atoms in total. The molecule has 0 bridgehead atoms. The molecule has 2 heteroatoms. The van der Waals surface area contributed by atoms with Crippen LogP contribution < -0.4 is 0 Å². The molecule has 0 aromatic heterocycles. The van der Waals surface area contributed by atoms with Crippen LogP contribution in [-0.4, -0.2) is 12.0 Å². The average Bonchev–Trinajstić information content (AvgIpc) is 2.22. The zero-order valence-electron chi connectivity index (χ0n) is 10.2. The summed E-state index contributed by atoms with van der Waals surface area (Å²) in [7, 11) is 0. The van der Waals surface area contributed by atoms with Crippen LogP contribution in [0.2, 0.25) is 0 Å². The largest absolute Gasteiger partial charge is 0.293 e. The van der Waals surface area contributed by atoms with E-state index in [2.05, 4.69) is 31.8 Å². The van der Waals surface area contributed by atoms with Crippen LogP contribution in [0.4, 0.5) is 5.69 Å². The first-order valence-electron chi connectivity index (χ1n) is 5.62. The summed E-state index contributed by atoms with van der Waals surface area (Å²) in [4.78, 5) is 16.3. The van der Waals surface area contributed by atoms with Gasteiger partial charge < -0.3 is 0 Å². The van der Waals surface area contributed by atoms with Crippen molar-refractivity contribution in [1.82, 2.24) is 0 Å². The number of ketones is 1. The van der Waals surface area contributed by atoms with Gasteiger partial charge in [-0.2, -0.15) is 0 Å². The molecule has 0 saturated carbocycles. The second kappa shape index (κ2) is 3.55. The van der Waals surface area contributed by atoms with Gasteiger partial charge in [0.2, 0.25) is 0 Å². The van der Waals surface area contributed by atoms with Gasteiger partial charge in [-0.05, 0) is 23.1 Å². The van der Waals surface area contributed by atoms with Gasteiger partial charge in [-0.3, -0.25) is 9.79 Å². The van der Waals surface area contributed by atoms with Gasteiger partial charge in [-0.15, -0.1) is 0 Å². The molecule has 1 aromatic carbocycles. The second-order valence-corrected chi connectivity index (χ2v) is 5.41. The molecule has 0 amide bonds. The van der Waals surface area contributed by atoms with Gasteiger partial charge in [0.15, 0.2) is 5.78 Å². The molecule has 1 aliphatic rings. The van der Waals surface area contributed by atoms with E-state index in [-0.39, 0.29) is 17.1 Å². The van der Waals surface area contributed by atoms with E-state index in [1.807, 2.05) is 19.1 Å². The predicted octanol–water partition coefficient (Wildman–Crippen LogP) is 3.52. The fourth-order valence-corrected chi connectivity index (χ4v) is 1.82. The van der Waals surface area contributed by atoms with Gasteiger partial charge in [-0.25, -0.2) is 0 Å². The van der Waals surface area contributed by atoms with Crippen LogP contribution in [0.3, 0.4) is 0 Å². The molecule has 1 atom stereocenters. The third kappa shape index (κ3) is 1.80. The van der Waals surface area contributed by atoms with E-state index in [4.69, 9.17) is 0 Å². The Morgan fingerprint density at radius 2 is 1.94 bits per heavy atom. The van der Waals surface area contributed by atoms with Gasteiger partial charge >= 0.3 is 0 Å². The van der Waals surface area contributed by atoms with Crippen LogP contribution in [0.5, 0.6) is 0 Å². The Kier molecular flexibility index (Phi) is 2.45. The van der Waals surface area contributed by atoms with Crippen molar-refractivity contribution in [3.05, 3.63) is 29.3 Å². The smallest absolute Gasteiger partial charge is 0.173 e. The number of nitrogens with zero attached hydrogens (tertiary/aromatic N) is 1. The van der Waals surface area contributed by atoms with Crippen molar-refractivity contribution in [3.63, 3.8) is 0 Å². The Morgan fingerprint density at radius 3 is 2.56 bits per heavy atom. The number of hydrogen-bond donors (Lipinski definition) is 0. The Morgan fingerprint density at radius 1 is 1.25 bits per heavy atom. The van der Waals surface area contributed by atoms with Crippen LogP contribution in [0.1, 0.15) is 43.6 Å². The lowest BCUT2D eigenvalue weighted by Crippen LogP contribution is -2.18. The molecule has 1 aliphatic heterocycles. The van der Waals surface area contributed by atoms with E-state index < -0.39 is 0 Å². The zero-order valence-corrected chi connectivity index (χ0v) is 10.2. The predicted molar refractivity (Wildman–Crippen MR) is 66.8 cm³/mol. The summed E-state index contributed by atoms with van der Waals surface area (Å²) < 4.78 is 0. The maximum Gasteiger partial charge on any atom is 0.173 e. The normalized spacial score (nSPS) is 19.8. The molecule has 0 fully saturated rings. The van der Waals surface area contributed by atoms with E-state index in [0.29, 0.717) is 0 Å². The van der Waals surface area contributed by atoms with Crippen molar-refractivity contribution in [3.8, 4) is 0 Å². The minimum Gasteiger partial charge on any atom is -0.293 e. The van der Waals surface area contributed by atoms with Crippen LogP contribution in [-0.2, 0) is 5.41 Å². The number of Topliss-reactive ketones (excluding diaryl/α,β-unsaturated/α-hetero) is 1. The number of carbonyl (C=O) groups is 1. The molecule has 1 aromatic rings. The Labute approximate surface area is 96.4 Å². The highest BCUT2D eigenvalue weighted by Crippen LogP contribution is 2.31. The lowest BCUT2D eigenvalue weighted by atomic mass is 9.84. The van der Waals surface area contributed by atoms with Crippen molar-refractivity contribution in [2.24, 2.45) is 10.9 Å². The molecule has 1 unspecified atom stereocenters. The first kappa shape index (κ1) is 11.1. The summed E-state index contributed by atoms with van der Waals surface area (Å²) in [5.41, 5.74) is 2.82. The second-order valence-electron chi connectivity index (χ2n) is 5.41. The van der Waals surface area contributed by atoms with Gasteiger partial charge in [0, 0.05) is 11.8 Å². The van der Waals surface area contributed by atoms with E-state index >= 15 is 0 Å². The molecule has 0 N–H and O–H groups in total. The summed E-state index contributed by atoms with van der Waals surface area (Å²) in [6.07, 6.45) is 1.72.